The van der Waals surface area contributed by atoms with Crippen molar-refractivity contribution in [3.8, 4) is 6.07 Å². The summed E-state index contributed by atoms with van der Waals surface area (Å²) in [6.45, 7) is 3.20. The standard InChI is InChI=1S/C15H17FN2O/c1-15(11-17)6-8-18(9-7-15)14(19)10-12-2-4-13(16)5-3-12/h2-5H,6-10H2,1H3. The first kappa shape index (κ1) is 13.5. The second-order valence-electron chi connectivity index (χ2n) is 5.36. The van der Waals surface area contributed by atoms with Crippen LogP contribution in [-0.4, -0.2) is 23.9 Å². The van der Waals surface area contributed by atoms with E-state index in [-0.39, 0.29) is 17.1 Å². The topological polar surface area (TPSA) is 44.1 Å². The van der Waals surface area contributed by atoms with Crippen LogP contribution in [0, 0.1) is 22.6 Å². The van der Waals surface area contributed by atoms with Gasteiger partial charge in [0.2, 0.25) is 5.91 Å². The van der Waals surface area contributed by atoms with E-state index in [0.717, 1.165) is 18.4 Å². The van der Waals surface area contributed by atoms with E-state index in [1.54, 1.807) is 17.0 Å². The van der Waals surface area contributed by atoms with Crippen LogP contribution in [0.15, 0.2) is 24.3 Å². The molecule has 4 heteroatoms. The van der Waals surface area contributed by atoms with Crippen molar-refractivity contribution in [3.63, 3.8) is 0 Å². The van der Waals surface area contributed by atoms with Crippen molar-refractivity contribution < 1.29 is 9.18 Å². The van der Waals surface area contributed by atoms with Gasteiger partial charge in [-0.15, -0.1) is 0 Å². The lowest BCUT2D eigenvalue weighted by atomic mass is 9.82. The molecule has 1 amide bonds. The smallest absolute Gasteiger partial charge is 0.226 e. The minimum atomic E-state index is -0.299. The minimum Gasteiger partial charge on any atom is -0.342 e. The molecule has 1 aromatic rings. The lowest BCUT2D eigenvalue weighted by molar-refractivity contribution is -0.132. The molecule has 0 aliphatic carbocycles. The Hall–Kier alpha value is -1.89. The molecule has 100 valence electrons. The number of carbonyl (C=O) groups excluding carboxylic acids is 1. The Morgan fingerprint density at radius 1 is 1.37 bits per heavy atom. The van der Waals surface area contributed by atoms with Crippen LogP contribution in [-0.2, 0) is 11.2 Å². The highest BCUT2D eigenvalue weighted by molar-refractivity contribution is 5.78. The summed E-state index contributed by atoms with van der Waals surface area (Å²) in [6.07, 6.45) is 1.74. The van der Waals surface area contributed by atoms with Gasteiger partial charge in [-0.1, -0.05) is 12.1 Å². The van der Waals surface area contributed by atoms with E-state index < -0.39 is 0 Å². The third-order valence-electron chi connectivity index (χ3n) is 3.76. The van der Waals surface area contributed by atoms with E-state index in [2.05, 4.69) is 6.07 Å². The SMILES string of the molecule is CC1(C#N)CCN(C(=O)Cc2ccc(F)cc2)CC1. The summed E-state index contributed by atoms with van der Waals surface area (Å²) in [6, 6.07) is 8.32. The highest BCUT2D eigenvalue weighted by Gasteiger charge is 2.31. The molecule has 0 unspecified atom stereocenters. The van der Waals surface area contributed by atoms with Gasteiger partial charge in [0.25, 0.3) is 0 Å². The average molecular weight is 260 g/mol. The molecule has 0 atom stereocenters. The Labute approximate surface area is 112 Å². The Balaban J connectivity index is 1.92. The molecule has 1 aliphatic rings. The molecule has 1 aliphatic heterocycles. The zero-order valence-corrected chi connectivity index (χ0v) is 11.0. The molecule has 1 aromatic carbocycles. The molecule has 0 radical (unpaired) electrons. The predicted molar refractivity (Wildman–Crippen MR) is 69.6 cm³/mol. The molecule has 19 heavy (non-hydrogen) atoms. The molecule has 0 aromatic heterocycles. The zero-order valence-electron chi connectivity index (χ0n) is 11.0. The van der Waals surface area contributed by atoms with Crippen LogP contribution in [0.1, 0.15) is 25.3 Å². The number of benzene rings is 1. The quantitative estimate of drug-likeness (QED) is 0.820. The van der Waals surface area contributed by atoms with Gasteiger partial charge < -0.3 is 4.90 Å². The van der Waals surface area contributed by atoms with Gasteiger partial charge in [0.05, 0.1) is 17.9 Å². The van der Waals surface area contributed by atoms with Gasteiger partial charge in [-0.25, -0.2) is 4.39 Å². The fourth-order valence-electron chi connectivity index (χ4n) is 2.25. The monoisotopic (exact) mass is 260 g/mol. The van der Waals surface area contributed by atoms with Gasteiger partial charge in [-0.3, -0.25) is 4.79 Å². The first-order valence-electron chi connectivity index (χ1n) is 6.46. The number of carbonyl (C=O) groups is 1. The van der Waals surface area contributed by atoms with Crippen molar-refractivity contribution in [2.75, 3.05) is 13.1 Å². The number of amides is 1. The molecule has 3 nitrogen and oxygen atoms in total. The molecule has 1 heterocycles. The van der Waals surface area contributed by atoms with Crippen molar-refractivity contribution >= 4 is 5.91 Å². The number of rotatable bonds is 2. The molecule has 0 bridgehead atoms. The number of halogens is 1. The van der Waals surface area contributed by atoms with Crippen molar-refractivity contribution in [2.45, 2.75) is 26.2 Å². The summed E-state index contributed by atoms with van der Waals surface area (Å²) in [5.41, 5.74) is 0.521. The lowest BCUT2D eigenvalue weighted by Crippen LogP contribution is -2.42. The summed E-state index contributed by atoms with van der Waals surface area (Å²) in [7, 11) is 0. The maximum Gasteiger partial charge on any atom is 0.226 e. The van der Waals surface area contributed by atoms with Gasteiger partial charge in [0.1, 0.15) is 5.82 Å². The van der Waals surface area contributed by atoms with Crippen LogP contribution in [0.5, 0.6) is 0 Å². The van der Waals surface area contributed by atoms with Crippen molar-refractivity contribution in [1.29, 1.82) is 5.26 Å². The molecule has 0 spiro atoms. The van der Waals surface area contributed by atoms with E-state index >= 15 is 0 Å². The predicted octanol–water partition coefficient (Wildman–Crippen LogP) is 2.52. The molecule has 2 rings (SSSR count). The number of likely N-dealkylation sites (tertiary alicyclic amines) is 1. The fourth-order valence-corrected chi connectivity index (χ4v) is 2.25. The Morgan fingerprint density at radius 2 is 1.95 bits per heavy atom. The van der Waals surface area contributed by atoms with Gasteiger partial charge in [0.15, 0.2) is 0 Å². The molecule has 1 fully saturated rings. The number of piperidine rings is 1. The second kappa shape index (κ2) is 5.40. The number of hydrogen-bond acceptors (Lipinski definition) is 2. The normalized spacial score (nSPS) is 17.8. The summed E-state index contributed by atoms with van der Waals surface area (Å²) >= 11 is 0. The van der Waals surface area contributed by atoms with Crippen LogP contribution in [0.3, 0.4) is 0 Å². The van der Waals surface area contributed by atoms with Gasteiger partial charge in [-0.2, -0.15) is 5.26 Å². The van der Waals surface area contributed by atoms with Crippen LogP contribution in [0.4, 0.5) is 4.39 Å². The number of hydrogen-bond donors (Lipinski definition) is 0. The Bertz CT molecular complexity index is 496. The first-order chi connectivity index (χ1) is 9.02. The molecular formula is C15H17FN2O. The molecular weight excluding hydrogens is 243 g/mol. The first-order valence-corrected chi connectivity index (χ1v) is 6.46. The Morgan fingerprint density at radius 3 is 2.47 bits per heavy atom. The van der Waals surface area contributed by atoms with E-state index in [1.807, 2.05) is 6.92 Å². The summed E-state index contributed by atoms with van der Waals surface area (Å²) in [4.78, 5) is 13.9. The van der Waals surface area contributed by atoms with Crippen LogP contribution >= 0.6 is 0 Å². The van der Waals surface area contributed by atoms with Crippen molar-refractivity contribution in [1.82, 2.24) is 4.90 Å². The zero-order chi connectivity index (χ0) is 13.9. The lowest BCUT2D eigenvalue weighted by Gasteiger charge is -2.35. The summed E-state index contributed by atoms with van der Waals surface area (Å²) in [5, 5.41) is 9.05. The number of nitriles is 1. The number of nitrogens with zero attached hydrogens (tertiary/aromatic N) is 2. The Kier molecular flexibility index (Phi) is 3.84. The van der Waals surface area contributed by atoms with E-state index in [0.29, 0.717) is 19.5 Å². The summed E-state index contributed by atoms with van der Waals surface area (Å²) < 4.78 is 12.8. The van der Waals surface area contributed by atoms with E-state index in [4.69, 9.17) is 5.26 Å². The molecule has 1 saturated heterocycles. The van der Waals surface area contributed by atoms with E-state index in [9.17, 15) is 9.18 Å². The van der Waals surface area contributed by atoms with Crippen LogP contribution in [0.2, 0.25) is 0 Å². The van der Waals surface area contributed by atoms with E-state index in [1.165, 1.54) is 12.1 Å². The molecule has 0 saturated carbocycles. The van der Waals surface area contributed by atoms with Gasteiger partial charge >= 0.3 is 0 Å². The van der Waals surface area contributed by atoms with Gasteiger partial charge in [0, 0.05) is 13.1 Å². The summed E-state index contributed by atoms with van der Waals surface area (Å²) in [5.74, 6) is -0.245. The largest absolute Gasteiger partial charge is 0.342 e. The van der Waals surface area contributed by atoms with Crippen molar-refractivity contribution in [3.05, 3.63) is 35.6 Å². The van der Waals surface area contributed by atoms with Gasteiger partial charge in [-0.05, 0) is 37.5 Å². The third-order valence-corrected chi connectivity index (χ3v) is 3.76. The highest BCUT2D eigenvalue weighted by atomic mass is 19.1. The maximum absolute atomic E-state index is 12.8. The minimum absolute atomic E-state index is 0.0478. The molecule has 0 N–H and O–H groups in total. The second-order valence-corrected chi connectivity index (χ2v) is 5.36. The average Bonchev–Trinajstić information content (AvgIpc) is 2.42. The highest BCUT2D eigenvalue weighted by Crippen LogP contribution is 2.29. The maximum atomic E-state index is 12.8. The fraction of sp³-hybridized carbons (Fsp3) is 0.467. The third kappa shape index (κ3) is 3.31. The van der Waals surface area contributed by atoms with Crippen LogP contribution < -0.4 is 0 Å². The van der Waals surface area contributed by atoms with Crippen LogP contribution in [0.25, 0.3) is 0 Å². The van der Waals surface area contributed by atoms with Crippen molar-refractivity contribution in [2.24, 2.45) is 5.41 Å².